The lowest BCUT2D eigenvalue weighted by atomic mass is 10.1. The van der Waals surface area contributed by atoms with E-state index in [1.807, 2.05) is 37.3 Å². The molecule has 0 bridgehead atoms. The van der Waals surface area contributed by atoms with E-state index in [-0.39, 0.29) is 24.3 Å². The third-order valence-corrected chi connectivity index (χ3v) is 4.95. The maximum atomic E-state index is 12.5. The lowest BCUT2D eigenvalue weighted by Crippen LogP contribution is -2.44. The lowest BCUT2D eigenvalue weighted by Gasteiger charge is -2.31. The summed E-state index contributed by atoms with van der Waals surface area (Å²) in [6.45, 7) is 5.64. The first-order chi connectivity index (χ1) is 14.2. The van der Waals surface area contributed by atoms with E-state index < -0.39 is 0 Å². The van der Waals surface area contributed by atoms with E-state index in [1.165, 1.54) is 0 Å². The van der Waals surface area contributed by atoms with Crippen molar-refractivity contribution in [2.24, 2.45) is 0 Å². The topological polar surface area (TPSA) is 67.9 Å². The molecule has 1 aliphatic heterocycles. The minimum absolute atomic E-state index is 0.0759. The van der Waals surface area contributed by atoms with Crippen LogP contribution in [0.25, 0.3) is 0 Å². The Morgan fingerprint density at radius 3 is 2.41 bits per heavy atom. The van der Waals surface area contributed by atoms with Crippen LogP contribution in [0.4, 0.5) is 0 Å². The minimum atomic E-state index is -0.180. The van der Waals surface area contributed by atoms with Crippen LogP contribution >= 0.6 is 0 Å². The van der Waals surface area contributed by atoms with E-state index in [4.69, 9.17) is 9.47 Å². The molecule has 1 unspecified atom stereocenters. The van der Waals surface area contributed by atoms with Gasteiger partial charge < -0.3 is 14.8 Å². The standard InChI is InChI=1S/C23H28N2O4/c1-2-22(26)19-8-10-20(11-9-19)29-17-23(27)24-21(18-6-4-3-5-7-18)16-25-12-14-28-15-13-25/h3-11,21H,2,12-17H2,1H3,(H,24,27). The molecule has 3 rings (SSSR count). The first-order valence-electron chi connectivity index (χ1n) is 10.1. The molecular weight excluding hydrogens is 368 g/mol. The molecule has 1 amide bonds. The Morgan fingerprint density at radius 2 is 1.76 bits per heavy atom. The summed E-state index contributed by atoms with van der Waals surface area (Å²) >= 11 is 0. The number of amides is 1. The Labute approximate surface area is 171 Å². The fourth-order valence-electron chi connectivity index (χ4n) is 3.29. The minimum Gasteiger partial charge on any atom is -0.484 e. The Balaban J connectivity index is 1.57. The van der Waals surface area contributed by atoms with Gasteiger partial charge in [-0.2, -0.15) is 0 Å². The van der Waals surface area contributed by atoms with Crippen LogP contribution in [-0.2, 0) is 9.53 Å². The van der Waals surface area contributed by atoms with Crippen LogP contribution < -0.4 is 10.1 Å². The number of morpholine rings is 1. The molecular formula is C23H28N2O4. The molecule has 1 N–H and O–H groups in total. The van der Waals surface area contributed by atoms with E-state index in [1.54, 1.807) is 24.3 Å². The van der Waals surface area contributed by atoms with Crippen LogP contribution in [0, 0.1) is 0 Å². The van der Waals surface area contributed by atoms with Gasteiger partial charge in [-0.05, 0) is 29.8 Å². The first kappa shape index (κ1) is 21.0. The highest BCUT2D eigenvalue weighted by Crippen LogP contribution is 2.16. The van der Waals surface area contributed by atoms with Crippen molar-refractivity contribution >= 4 is 11.7 Å². The number of hydrogen-bond donors (Lipinski definition) is 1. The summed E-state index contributed by atoms with van der Waals surface area (Å²) < 4.78 is 11.0. The van der Waals surface area contributed by atoms with Crippen molar-refractivity contribution < 1.29 is 19.1 Å². The maximum Gasteiger partial charge on any atom is 0.258 e. The van der Waals surface area contributed by atoms with Crippen LogP contribution in [0.15, 0.2) is 54.6 Å². The summed E-state index contributed by atoms with van der Waals surface area (Å²) in [6, 6.07) is 16.7. The highest BCUT2D eigenvalue weighted by atomic mass is 16.5. The summed E-state index contributed by atoms with van der Waals surface area (Å²) in [4.78, 5) is 26.5. The number of ketones is 1. The third kappa shape index (κ3) is 6.41. The van der Waals surface area contributed by atoms with Crippen molar-refractivity contribution in [3.05, 3.63) is 65.7 Å². The van der Waals surface area contributed by atoms with E-state index in [0.29, 0.717) is 17.7 Å². The van der Waals surface area contributed by atoms with Gasteiger partial charge in [0.05, 0.1) is 19.3 Å². The number of nitrogens with one attached hydrogen (secondary N) is 1. The zero-order valence-electron chi connectivity index (χ0n) is 16.8. The fourth-order valence-corrected chi connectivity index (χ4v) is 3.29. The number of carbonyl (C=O) groups is 2. The average molecular weight is 396 g/mol. The van der Waals surface area contributed by atoms with E-state index in [0.717, 1.165) is 38.4 Å². The first-order valence-corrected chi connectivity index (χ1v) is 10.1. The lowest BCUT2D eigenvalue weighted by molar-refractivity contribution is -0.124. The number of carbonyl (C=O) groups excluding carboxylic acids is 2. The molecule has 29 heavy (non-hydrogen) atoms. The predicted octanol–water partition coefficient (Wildman–Crippen LogP) is 2.85. The maximum absolute atomic E-state index is 12.5. The molecule has 6 nitrogen and oxygen atoms in total. The summed E-state index contributed by atoms with van der Waals surface area (Å²) in [6.07, 6.45) is 0.465. The summed E-state index contributed by atoms with van der Waals surface area (Å²) in [5, 5.41) is 3.09. The van der Waals surface area contributed by atoms with E-state index >= 15 is 0 Å². The average Bonchev–Trinajstić information content (AvgIpc) is 2.78. The molecule has 0 aliphatic carbocycles. The van der Waals surface area contributed by atoms with Gasteiger partial charge in [-0.1, -0.05) is 37.3 Å². The van der Waals surface area contributed by atoms with Gasteiger partial charge >= 0.3 is 0 Å². The van der Waals surface area contributed by atoms with Gasteiger partial charge in [0.1, 0.15) is 5.75 Å². The van der Waals surface area contributed by atoms with E-state index in [2.05, 4.69) is 10.2 Å². The van der Waals surface area contributed by atoms with Crippen molar-refractivity contribution in [3.63, 3.8) is 0 Å². The number of rotatable bonds is 9. The third-order valence-electron chi connectivity index (χ3n) is 4.95. The Morgan fingerprint density at radius 1 is 1.07 bits per heavy atom. The largest absolute Gasteiger partial charge is 0.484 e. The number of nitrogens with zero attached hydrogens (tertiary/aromatic N) is 1. The zero-order valence-corrected chi connectivity index (χ0v) is 16.8. The molecule has 1 heterocycles. The predicted molar refractivity (Wildman–Crippen MR) is 111 cm³/mol. The summed E-state index contributed by atoms with van der Waals surface area (Å²) in [7, 11) is 0. The molecule has 154 valence electrons. The molecule has 1 fully saturated rings. The normalized spacial score (nSPS) is 15.5. The van der Waals surface area contributed by atoms with Gasteiger partial charge in [-0.3, -0.25) is 14.5 Å². The smallest absolute Gasteiger partial charge is 0.258 e. The Bertz CT molecular complexity index is 786. The van der Waals surface area contributed by atoms with Crippen molar-refractivity contribution in [1.29, 1.82) is 0 Å². The van der Waals surface area contributed by atoms with Crippen LogP contribution in [0.3, 0.4) is 0 Å². The molecule has 0 spiro atoms. The van der Waals surface area contributed by atoms with Crippen molar-refractivity contribution in [2.45, 2.75) is 19.4 Å². The highest BCUT2D eigenvalue weighted by Gasteiger charge is 2.20. The van der Waals surface area contributed by atoms with Crippen molar-refractivity contribution in [1.82, 2.24) is 10.2 Å². The second-order valence-electron chi connectivity index (χ2n) is 7.03. The van der Waals surface area contributed by atoms with Crippen LogP contribution in [-0.4, -0.2) is 56.0 Å². The molecule has 6 heteroatoms. The zero-order chi connectivity index (χ0) is 20.5. The van der Waals surface area contributed by atoms with Gasteiger partial charge in [0.2, 0.25) is 0 Å². The molecule has 1 atom stereocenters. The van der Waals surface area contributed by atoms with Crippen molar-refractivity contribution in [3.8, 4) is 5.75 Å². The number of benzene rings is 2. The Hall–Kier alpha value is -2.70. The van der Waals surface area contributed by atoms with Gasteiger partial charge in [-0.25, -0.2) is 0 Å². The SMILES string of the molecule is CCC(=O)c1ccc(OCC(=O)NC(CN2CCOCC2)c2ccccc2)cc1. The van der Waals surface area contributed by atoms with E-state index in [9.17, 15) is 9.59 Å². The molecule has 0 aromatic heterocycles. The molecule has 2 aromatic rings. The quantitative estimate of drug-likeness (QED) is 0.660. The van der Waals surface area contributed by atoms with Gasteiger partial charge in [0.15, 0.2) is 12.4 Å². The van der Waals surface area contributed by atoms with Crippen molar-refractivity contribution in [2.75, 3.05) is 39.5 Å². The summed E-state index contributed by atoms with van der Waals surface area (Å²) in [5.41, 5.74) is 1.72. The van der Waals surface area contributed by atoms with Gasteiger partial charge in [0.25, 0.3) is 5.91 Å². The fraction of sp³-hybridized carbons (Fsp3) is 0.391. The number of hydrogen-bond acceptors (Lipinski definition) is 5. The molecule has 1 saturated heterocycles. The highest BCUT2D eigenvalue weighted by molar-refractivity contribution is 5.95. The van der Waals surface area contributed by atoms with Crippen LogP contribution in [0.2, 0.25) is 0 Å². The molecule has 1 aliphatic rings. The van der Waals surface area contributed by atoms with Crippen LogP contribution in [0.5, 0.6) is 5.75 Å². The number of Topliss-reactive ketones (excluding diaryl/α,β-unsaturated/α-hetero) is 1. The molecule has 0 saturated carbocycles. The monoisotopic (exact) mass is 396 g/mol. The van der Waals surface area contributed by atoms with Gasteiger partial charge in [-0.15, -0.1) is 0 Å². The second-order valence-corrected chi connectivity index (χ2v) is 7.03. The molecule has 2 aromatic carbocycles. The number of ether oxygens (including phenoxy) is 2. The van der Waals surface area contributed by atoms with Crippen LogP contribution in [0.1, 0.15) is 35.3 Å². The molecule has 0 radical (unpaired) electrons. The second kappa shape index (κ2) is 10.7. The summed E-state index contributed by atoms with van der Waals surface area (Å²) in [5.74, 6) is 0.473. The van der Waals surface area contributed by atoms with Gasteiger partial charge in [0, 0.05) is 31.6 Å². The Kier molecular flexibility index (Phi) is 7.78.